The molecule has 0 unspecified atom stereocenters. The Hall–Kier alpha value is -3.12. The molecule has 0 aliphatic heterocycles. The van der Waals surface area contributed by atoms with E-state index in [1.165, 1.54) is 5.56 Å². The number of thioether (sulfide) groups is 1. The van der Waals surface area contributed by atoms with Gasteiger partial charge in [0.2, 0.25) is 0 Å². The molecular formula is C21H18N4OS. The van der Waals surface area contributed by atoms with Crippen LogP contribution >= 0.6 is 11.8 Å². The third-order valence-electron chi connectivity index (χ3n) is 4.09. The van der Waals surface area contributed by atoms with Crippen LogP contribution in [0.4, 0.5) is 0 Å². The van der Waals surface area contributed by atoms with E-state index in [1.54, 1.807) is 31.3 Å². The van der Waals surface area contributed by atoms with Gasteiger partial charge in [0.15, 0.2) is 11.0 Å². The molecule has 0 amide bonds. The number of ether oxygens (including phenoxy) is 1. The Morgan fingerprint density at radius 3 is 2.52 bits per heavy atom. The second-order valence-electron chi connectivity index (χ2n) is 5.85. The molecule has 2 aromatic heterocycles. The van der Waals surface area contributed by atoms with Crippen LogP contribution in [0, 0.1) is 0 Å². The van der Waals surface area contributed by atoms with Crippen molar-refractivity contribution in [2.45, 2.75) is 10.9 Å². The molecule has 2 heterocycles. The maximum Gasteiger partial charge on any atom is 0.196 e. The fourth-order valence-corrected chi connectivity index (χ4v) is 3.66. The van der Waals surface area contributed by atoms with Crippen LogP contribution < -0.4 is 4.74 Å². The van der Waals surface area contributed by atoms with Crippen LogP contribution in [0.5, 0.6) is 5.75 Å². The average molecular weight is 374 g/mol. The lowest BCUT2D eigenvalue weighted by atomic mass is 10.2. The SMILES string of the molecule is COc1cccc(-c2nnc(SCc3ccncc3)n2-c2ccccc2)c1. The number of hydrogen-bond donors (Lipinski definition) is 0. The van der Waals surface area contributed by atoms with E-state index in [0.29, 0.717) is 0 Å². The maximum absolute atomic E-state index is 5.37. The summed E-state index contributed by atoms with van der Waals surface area (Å²) in [5.41, 5.74) is 3.18. The molecule has 27 heavy (non-hydrogen) atoms. The summed E-state index contributed by atoms with van der Waals surface area (Å²) in [4.78, 5) is 4.07. The number of rotatable bonds is 6. The number of nitrogens with zero attached hydrogens (tertiary/aromatic N) is 4. The number of hydrogen-bond acceptors (Lipinski definition) is 5. The Morgan fingerprint density at radius 1 is 0.926 bits per heavy atom. The van der Waals surface area contributed by atoms with Crippen molar-refractivity contribution in [1.82, 2.24) is 19.7 Å². The Kier molecular flexibility index (Phi) is 5.16. The summed E-state index contributed by atoms with van der Waals surface area (Å²) < 4.78 is 7.45. The summed E-state index contributed by atoms with van der Waals surface area (Å²) in [5.74, 6) is 2.38. The highest BCUT2D eigenvalue weighted by Crippen LogP contribution is 2.30. The lowest BCUT2D eigenvalue weighted by molar-refractivity contribution is 0.415. The molecule has 0 radical (unpaired) electrons. The van der Waals surface area contributed by atoms with Gasteiger partial charge in [0.05, 0.1) is 7.11 Å². The zero-order valence-corrected chi connectivity index (χ0v) is 15.6. The van der Waals surface area contributed by atoms with Crippen molar-refractivity contribution >= 4 is 11.8 Å². The van der Waals surface area contributed by atoms with E-state index in [0.717, 1.165) is 33.7 Å². The van der Waals surface area contributed by atoms with E-state index < -0.39 is 0 Å². The fourth-order valence-electron chi connectivity index (χ4n) is 2.75. The van der Waals surface area contributed by atoms with Gasteiger partial charge in [-0.3, -0.25) is 9.55 Å². The third-order valence-corrected chi connectivity index (χ3v) is 5.09. The van der Waals surface area contributed by atoms with Crippen molar-refractivity contribution in [3.05, 3.63) is 84.7 Å². The summed E-state index contributed by atoms with van der Waals surface area (Å²) in [6.45, 7) is 0. The number of pyridine rings is 1. The van der Waals surface area contributed by atoms with Crippen LogP contribution in [0.15, 0.2) is 84.3 Å². The first-order chi connectivity index (χ1) is 13.3. The number of para-hydroxylation sites is 1. The molecule has 0 bridgehead atoms. The monoisotopic (exact) mass is 374 g/mol. The van der Waals surface area contributed by atoms with Gasteiger partial charge in [-0.25, -0.2) is 0 Å². The van der Waals surface area contributed by atoms with Crippen molar-refractivity contribution in [2.24, 2.45) is 0 Å². The molecule has 4 aromatic rings. The molecule has 0 saturated heterocycles. The molecule has 5 nitrogen and oxygen atoms in total. The highest BCUT2D eigenvalue weighted by Gasteiger charge is 2.16. The van der Waals surface area contributed by atoms with E-state index >= 15 is 0 Å². The third kappa shape index (κ3) is 3.85. The van der Waals surface area contributed by atoms with E-state index in [1.807, 2.05) is 54.6 Å². The molecule has 6 heteroatoms. The van der Waals surface area contributed by atoms with Gasteiger partial charge in [-0.1, -0.05) is 42.1 Å². The lowest BCUT2D eigenvalue weighted by Crippen LogP contribution is -1.99. The highest BCUT2D eigenvalue weighted by atomic mass is 32.2. The van der Waals surface area contributed by atoms with Crippen LogP contribution in [0.25, 0.3) is 17.1 Å². The first-order valence-electron chi connectivity index (χ1n) is 8.52. The molecule has 0 N–H and O–H groups in total. The fraction of sp³-hybridized carbons (Fsp3) is 0.0952. The van der Waals surface area contributed by atoms with Gasteiger partial charge >= 0.3 is 0 Å². The van der Waals surface area contributed by atoms with Crippen molar-refractivity contribution < 1.29 is 4.74 Å². The standard InChI is InChI=1S/C21H18N4OS/c1-26-19-9-5-6-17(14-19)20-23-24-21(25(20)18-7-3-2-4-8-18)27-15-16-10-12-22-13-11-16/h2-14H,15H2,1H3. The zero-order chi connectivity index (χ0) is 18.5. The molecule has 0 aliphatic rings. The quantitative estimate of drug-likeness (QED) is 0.461. The first-order valence-corrected chi connectivity index (χ1v) is 9.50. The van der Waals surface area contributed by atoms with Gasteiger partial charge in [-0.05, 0) is 42.0 Å². The molecule has 134 valence electrons. The van der Waals surface area contributed by atoms with E-state index in [-0.39, 0.29) is 0 Å². The Morgan fingerprint density at radius 2 is 1.74 bits per heavy atom. The predicted molar refractivity (Wildman–Crippen MR) is 107 cm³/mol. The Bertz CT molecular complexity index is 1020. The van der Waals surface area contributed by atoms with Gasteiger partial charge in [-0.15, -0.1) is 10.2 Å². The average Bonchev–Trinajstić information content (AvgIpc) is 3.17. The number of benzene rings is 2. The van der Waals surface area contributed by atoms with Crippen LogP contribution in [-0.2, 0) is 5.75 Å². The summed E-state index contributed by atoms with van der Waals surface area (Å²) in [5, 5.41) is 9.78. The van der Waals surface area contributed by atoms with E-state index in [2.05, 4.69) is 31.9 Å². The minimum absolute atomic E-state index is 0.789. The second-order valence-corrected chi connectivity index (χ2v) is 6.80. The molecule has 4 rings (SSSR count). The van der Waals surface area contributed by atoms with Crippen LogP contribution in [0.3, 0.4) is 0 Å². The number of methoxy groups -OCH3 is 1. The topological polar surface area (TPSA) is 52.8 Å². The van der Waals surface area contributed by atoms with Gasteiger partial charge < -0.3 is 4.74 Å². The molecule has 0 spiro atoms. The van der Waals surface area contributed by atoms with Gasteiger partial charge in [0.25, 0.3) is 0 Å². The molecule has 0 aliphatic carbocycles. The summed E-state index contributed by atoms with van der Waals surface area (Å²) in [6.07, 6.45) is 3.61. The minimum Gasteiger partial charge on any atom is -0.497 e. The Balaban J connectivity index is 1.74. The molecule has 0 saturated carbocycles. The lowest BCUT2D eigenvalue weighted by Gasteiger charge is -2.11. The first kappa shape index (κ1) is 17.3. The smallest absolute Gasteiger partial charge is 0.196 e. The van der Waals surface area contributed by atoms with Crippen molar-refractivity contribution in [3.63, 3.8) is 0 Å². The van der Waals surface area contributed by atoms with E-state index in [4.69, 9.17) is 4.74 Å². The van der Waals surface area contributed by atoms with E-state index in [9.17, 15) is 0 Å². The second kappa shape index (κ2) is 8.05. The summed E-state index contributed by atoms with van der Waals surface area (Å²) in [7, 11) is 1.66. The maximum atomic E-state index is 5.37. The van der Waals surface area contributed by atoms with Crippen LogP contribution in [-0.4, -0.2) is 26.9 Å². The normalized spacial score (nSPS) is 10.7. The largest absolute Gasteiger partial charge is 0.497 e. The van der Waals surface area contributed by atoms with Crippen molar-refractivity contribution in [1.29, 1.82) is 0 Å². The Labute approximate surface area is 162 Å². The van der Waals surface area contributed by atoms with Crippen LogP contribution in [0.1, 0.15) is 5.56 Å². The zero-order valence-electron chi connectivity index (χ0n) is 14.8. The molecular weight excluding hydrogens is 356 g/mol. The van der Waals surface area contributed by atoms with Crippen molar-refractivity contribution in [2.75, 3.05) is 7.11 Å². The predicted octanol–water partition coefficient (Wildman–Crippen LogP) is 4.63. The molecule has 0 atom stereocenters. The van der Waals surface area contributed by atoms with Crippen molar-refractivity contribution in [3.8, 4) is 22.8 Å². The highest BCUT2D eigenvalue weighted by molar-refractivity contribution is 7.98. The summed E-state index contributed by atoms with van der Waals surface area (Å²) >= 11 is 1.65. The van der Waals surface area contributed by atoms with Crippen LogP contribution in [0.2, 0.25) is 0 Å². The molecule has 2 aromatic carbocycles. The molecule has 0 fully saturated rings. The minimum atomic E-state index is 0.789. The number of aromatic nitrogens is 4. The van der Waals surface area contributed by atoms with Gasteiger partial charge in [0.1, 0.15) is 5.75 Å². The van der Waals surface area contributed by atoms with Gasteiger partial charge in [0, 0.05) is 29.4 Å². The van der Waals surface area contributed by atoms with Gasteiger partial charge in [-0.2, -0.15) is 0 Å². The summed E-state index contributed by atoms with van der Waals surface area (Å²) in [6, 6.07) is 22.1.